The van der Waals surface area contributed by atoms with Crippen LogP contribution < -0.4 is 0 Å². The van der Waals surface area contributed by atoms with Crippen molar-refractivity contribution in [1.82, 2.24) is 9.88 Å². The zero-order valence-corrected chi connectivity index (χ0v) is 15.3. The summed E-state index contributed by atoms with van der Waals surface area (Å²) in [7, 11) is 0. The van der Waals surface area contributed by atoms with Gasteiger partial charge < -0.3 is 4.90 Å². The summed E-state index contributed by atoms with van der Waals surface area (Å²) in [5.74, 6) is 0. The van der Waals surface area contributed by atoms with Crippen molar-refractivity contribution < 1.29 is 0 Å². The standard InChI is InChI=1S/C23H30N2/c1-3-12-20-19(11-7-10-18-25-16-8-2-9-17-25)21-13-5-6-15-23(21)24-22(20)14-4-1/h5-7,11,13,15H,1-4,8-10,12,14,16-18H2/b11-7-. The zero-order chi connectivity index (χ0) is 16.9. The van der Waals surface area contributed by atoms with E-state index < -0.39 is 0 Å². The fourth-order valence-corrected chi connectivity index (χ4v) is 4.42. The molecular formula is C23H30N2. The molecule has 2 heteroatoms. The molecule has 0 bridgehead atoms. The second-order valence-corrected chi connectivity index (χ2v) is 7.62. The molecule has 0 unspecified atom stereocenters. The predicted molar refractivity (Wildman–Crippen MR) is 107 cm³/mol. The number of piperidine rings is 1. The molecule has 2 nitrogen and oxygen atoms in total. The molecule has 0 atom stereocenters. The van der Waals surface area contributed by atoms with Gasteiger partial charge in [0.05, 0.1) is 5.52 Å². The molecule has 0 amide bonds. The second-order valence-electron chi connectivity index (χ2n) is 7.62. The number of likely N-dealkylation sites (tertiary alicyclic amines) is 1. The lowest BCUT2D eigenvalue weighted by Gasteiger charge is -2.25. The maximum absolute atomic E-state index is 5.00. The topological polar surface area (TPSA) is 16.1 Å². The maximum atomic E-state index is 5.00. The van der Waals surface area contributed by atoms with Crippen LogP contribution in [0.3, 0.4) is 0 Å². The second kappa shape index (κ2) is 8.14. The first-order chi connectivity index (χ1) is 12.4. The third-order valence-corrected chi connectivity index (χ3v) is 5.81. The molecule has 1 aliphatic carbocycles. The largest absolute Gasteiger partial charge is 0.303 e. The molecule has 4 rings (SSSR count). The van der Waals surface area contributed by atoms with E-state index in [1.807, 2.05) is 0 Å². The number of fused-ring (bicyclic) bond motifs is 2. The first-order valence-corrected chi connectivity index (χ1v) is 10.2. The van der Waals surface area contributed by atoms with Gasteiger partial charge in [-0.3, -0.25) is 4.98 Å². The molecule has 1 aromatic carbocycles. The van der Waals surface area contributed by atoms with Crippen LogP contribution in [0.25, 0.3) is 17.0 Å². The molecular weight excluding hydrogens is 304 g/mol. The fourth-order valence-electron chi connectivity index (χ4n) is 4.42. The Morgan fingerprint density at radius 2 is 1.72 bits per heavy atom. The van der Waals surface area contributed by atoms with E-state index in [0.717, 1.165) is 12.8 Å². The molecule has 2 heterocycles. The first kappa shape index (κ1) is 16.8. The minimum atomic E-state index is 1.15. The van der Waals surface area contributed by atoms with Crippen LogP contribution in [-0.4, -0.2) is 29.5 Å². The normalized spacial score (nSPS) is 19.2. The summed E-state index contributed by atoms with van der Waals surface area (Å²) < 4.78 is 0. The molecule has 0 spiro atoms. The summed E-state index contributed by atoms with van der Waals surface area (Å²) in [6.45, 7) is 3.80. The van der Waals surface area contributed by atoms with Gasteiger partial charge in [0, 0.05) is 17.6 Å². The van der Waals surface area contributed by atoms with Crippen molar-refractivity contribution in [2.24, 2.45) is 0 Å². The summed E-state index contributed by atoms with van der Waals surface area (Å²) in [6.07, 6.45) is 16.4. The Labute approximate surface area is 152 Å². The molecule has 132 valence electrons. The monoisotopic (exact) mass is 334 g/mol. The summed E-state index contributed by atoms with van der Waals surface area (Å²) in [5, 5.41) is 1.33. The van der Waals surface area contributed by atoms with Crippen LogP contribution in [0.5, 0.6) is 0 Å². The maximum Gasteiger partial charge on any atom is 0.0711 e. The fraction of sp³-hybridized carbons (Fsp3) is 0.522. The average Bonchev–Trinajstić information content (AvgIpc) is 2.90. The molecule has 2 aliphatic rings. The molecule has 1 aromatic heterocycles. The number of pyridine rings is 1. The molecule has 0 N–H and O–H groups in total. The number of para-hydroxylation sites is 1. The van der Waals surface area contributed by atoms with E-state index in [-0.39, 0.29) is 0 Å². The average molecular weight is 335 g/mol. The third-order valence-electron chi connectivity index (χ3n) is 5.81. The number of hydrogen-bond acceptors (Lipinski definition) is 2. The van der Waals surface area contributed by atoms with E-state index in [2.05, 4.69) is 41.3 Å². The Hall–Kier alpha value is -1.67. The Balaban J connectivity index is 1.58. The van der Waals surface area contributed by atoms with Crippen molar-refractivity contribution in [3.05, 3.63) is 47.2 Å². The highest BCUT2D eigenvalue weighted by Gasteiger charge is 2.15. The number of rotatable bonds is 4. The van der Waals surface area contributed by atoms with Gasteiger partial charge in [-0.25, -0.2) is 0 Å². The van der Waals surface area contributed by atoms with Gasteiger partial charge >= 0.3 is 0 Å². The SMILES string of the molecule is C(=C/c1c2c(nc3ccccc13)CCCCC2)/CCN1CCCCC1. The first-order valence-electron chi connectivity index (χ1n) is 10.2. The van der Waals surface area contributed by atoms with Crippen molar-refractivity contribution in [3.63, 3.8) is 0 Å². The van der Waals surface area contributed by atoms with E-state index in [1.165, 1.54) is 92.3 Å². The molecule has 2 aromatic rings. The summed E-state index contributed by atoms with van der Waals surface area (Å²) in [4.78, 5) is 7.62. The summed E-state index contributed by atoms with van der Waals surface area (Å²) >= 11 is 0. The Morgan fingerprint density at radius 1 is 0.920 bits per heavy atom. The van der Waals surface area contributed by atoms with E-state index in [1.54, 1.807) is 0 Å². The van der Waals surface area contributed by atoms with E-state index >= 15 is 0 Å². The van der Waals surface area contributed by atoms with Crippen molar-refractivity contribution in [2.45, 2.75) is 57.8 Å². The van der Waals surface area contributed by atoms with Crippen LogP contribution in [0, 0.1) is 0 Å². The lowest BCUT2D eigenvalue weighted by molar-refractivity contribution is 0.233. The Bertz CT molecular complexity index is 741. The highest BCUT2D eigenvalue weighted by Crippen LogP contribution is 2.29. The van der Waals surface area contributed by atoms with Crippen molar-refractivity contribution in [2.75, 3.05) is 19.6 Å². The van der Waals surface area contributed by atoms with Gasteiger partial charge in [-0.15, -0.1) is 0 Å². The van der Waals surface area contributed by atoms with Crippen LogP contribution >= 0.6 is 0 Å². The zero-order valence-electron chi connectivity index (χ0n) is 15.3. The van der Waals surface area contributed by atoms with Gasteiger partial charge in [-0.1, -0.05) is 43.2 Å². The van der Waals surface area contributed by atoms with E-state index in [4.69, 9.17) is 4.98 Å². The van der Waals surface area contributed by atoms with Gasteiger partial charge in [0.25, 0.3) is 0 Å². The van der Waals surface area contributed by atoms with E-state index in [0.29, 0.717) is 0 Å². The third kappa shape index (κ3) is 3.95. The lowest BCUT2D eigenvalue weighted by atomic mass is 9.96. The van der Waals surface area contributed by atoms with Crippen molar-refractivity contribution >= 4 is 17.0 Å². The van der Waals surface area contributed by atoms with E-state index in [9.17, 15) is 0 Å². The Kier molecular flexibility index (Phi) is 5.46. The van der Waals surface area contributed by atoms with Crippen LogP contribution in [0.4, 0.5) is 0 Å². The minimum absolute atomic E-state index is 1.15. The highest BCUT2D eigenvalue weighted by atomic mass is 15.1. The molecule has 25 heavy (non-hydrogen) atoms. The van der Waals surface area contributed by atoms with Gasteiger partial charge in [0.1, 0.15) is 0 Å². The number of nitrogens with zero attached hydrogens (tertiary/aromatic N) is 2. The molecule has 1 fully saturated rings. The number of benzene rings is 1. The minimum Gasteiger partial charge on any atom is -0.303 e. The van der Waals surface area contributed by atoms with Crippen LogP contribution in [0.1, 0.15) is 61.8 Å². The van der Waals surface area contributed by atoms with Crippen LogP contribution in [-0.2, 0) is 12.8 Å². The van der Waals surface area contributed by atoms with Crippen molar-refractivity contribution in [1.29, 1.82) is 0 Å². The summed E-state index contributed by atoms with van der Waals surface area (Å²) in [6, 6.07) is 8.68. The van der Waals surface area contributed by atoms with Gasteiger partial charge in [0.15, 0.2) is 0 Å². The molecule has 1 saturated heterocycles. The molecule has 0 radical (unpaired) electrons. The molecule has 0 saturated carbocycles. The van der Waals surface area contributed by atoms with Crippen LogP contribution in [0.2, 0.25) is 0 Å². The highest BCUT2D eigenvalue weighted by molar-refractivity contribution is 5.89. The quantitative estimate of drug-likeness (QED) is 0.697. The van der Waals surface area contributed by atoms with Gasteiger partial charge in [-0.05, 0) is 75.2 Å². The number of aromatic nitrogens is 1. The lowest BCUT2D eigenvalue weighted by Crippen LogP contribution is -2.30. The van der Waals surface area contributed by atoms with Crippen LogP contribution in [0.15, 0.2) is 30.3 Å². The van der Waals surface area contributed by atoms with Gasteiger partial charge in [0.2, 0.25) is 0 Å². The smallest absolute Gasteiger partial charge is 0.0711 e. The number of hydrogen-bond donors (Lipinski definition) is 0. The predicted octanol–water partition coefficient (Wildman–Crippen LogP) is 5.39. The van der Waals surface area contributed by atoms with Gasteiger partial charge in [-0.2, -0.15) is 0 Å². The molecule has 1 aliphatic heterocycles. The summed E-state index contributed by atoms with van der Waals surface area (Å²) in [5.41, 5.74) is 5.48. The van der Waals surface area contributed by atoms with Crippen molar-refractivity contribution in [3.8, 4) is 0 Å². The number of aryl methyl sites for hydroxylation is 1. The Morgan fingerprint density at radius 3 is 2.64 bits per heavy atom.